The maximum absolute atomic E-state index is 15.0. The summed E-state index contributed by atoms with van der Waals surface area (Å²) in [6.07, 6.45) is 1.69. The quantitative estimate of drug-likeness (QED) is 0.0194. The molecule has 354 valence electrons. The van der Waals surface area contributed by atoms with Crippen molar-refractivity contribution in [3.63, 3.8) is 0 Å². The first-order valence-corrected chi connectivity index (χ1v) is 23.6. The average molecular weight is 992 g/mol. The lowest BCUT2D eigenvalue weighted by molar-refractivity contribution is -0.130. The molecule has 0 saturated carbocycles. The number of likely N-dealkylation sites (N-methyl/N-ethyl adjacent to an activating group) is 1. The Kier molecular flexibility index (Phi) is 32.3. The van der Waals surface area contributed by atoms with Crippen LogP contribution in [0.3, 0.4) is 0 Å². The third-order valence-electron chi connectivity index (χ3n) is 10.3. The Hall–Kier alpha value is -2.53. The fourth-order valence-electron chi connectivity index (χ4n) is 6.82. The lowest BCUT2D eigenvalue weighted by Crippen LogP contribution is -2.50. The molecule has 0 aliphatic heterocycles. The summed E-state index contributed by atoms with van der Waals surface area (Å²) in [7, 11) is 1.69. The maximum atomic E-state index is 15.0. The van der Waals surface area contributed by atoms with Crippen molar-refractivity contribution in [1.29, 1.82) is 0 Å². The molecule has 7 atom stereocenters. The number of hydrogen-bond acceptors (Lipinski definition) is 15. The molecule has 1 aromatic carbocycles. The molecule has 0 fully saturated rings. The van der Waals surface area contributed by atoms with Gasteiger partial charge in [0, 0.05) is 30.0 Å². The third kappa shape index (κ3) is 26.9. The van der Waals surface area contributed by atoms with Gasteiger partial charge in [0.2, 0.25) is 0 Å². The van der Waals surface area contributed by atoms with Crippen LogP contribution in [0.5, 0.6) is 0 Å². The van der Waals surface area contributed by atoms with Crippen LogP contribution in [0.1, 0.15) is 83.6 Å². The zero-order chi connectivity index (χ0) is 46.3. The monoisotopic (exact) mass is 991 g/mol. The van der Waals surface area contributed by atoms with E-state index >= 15 is 0 Å². The number of ketones is 6. The van der Waals surface area contributed by atoms with E-state index in [0.29, 0.717) is 51.6 Å². The van der Waals surface area contributed by atoms with Crippen molar-refractivity contribution in [3.05, 3.63) is 35.9 Å². The molecule has 0 spiro atoms. The highest BCUT2D eigenvalue weighted by atomic mass is 127. The Balaban J connectivity index is 2.66. The maximum Gasteiger partial charge on any atom is 0.163 e. The van der Waals surface area contributed by atoms with E-state index in [1.807, 2.05) is 66.8 Å². The van der Waals surface area contributed by atoms with Crippen LogP contribution in [0, 0.1) is 5.92 Å². The number of nitrogens with one attached hydrogen (secondary N) is 6. The topological polar surface area (TPSA) is 253 Å². The molecule has 18 heteroatoms. The van der Waals surface area contributed by atoms with Crippen molar-refractivity contribution in [2.75, 3.05) is 70.4 Å². The minimum absolute atomic E-state index is 0.0315. The second-order valence-corrected chi connectivity index (χ2v) is 17.3. The minimum atomic E-state index is -1.38. The number of unbranched alkanes of at least 4 members (excludes halogenated alkanes) is 2. The van der Waals surface area contributed by atoms with E-state index in [-0.39, 0.29) is 110 Å². The van der Waals surface area contributed by atoms with Gasteiger partial charge < -0.3 is 49.1 Å². The fourth-order valence-corrected chi connectivity index (χ4v) is 7.13. The zero-order valence-electron chi connectivity index (χ0n) is 37.2. The normalized spacial score (nSPS) is 15.1. The largest absolute Gasteiger partial charge is 0.330 e. The summed E-state index contributed by atoms with van der Waals surface area (Å²) < 4.78 is 28.8. The number of hydrogen-bond donors (Lipinski definition) is 9. The lowest BCUT2D eigenvalue weighted by atomic mass is 9.96. The molecule has 12 N–H and O–H groups in total. The molecule has 1 aromatic rings. The van der Waals surface area contributed by atoms with Gasteiger partial charge in [-0.1, -0.05) is 79.6 Å². The smallest absolute Gasteiger partial charge is 0.163 e. The molecule has 0 aliphatic carbocycles. The number of nitrogens with two attached hydrogens (primary N) is 3. The van der Waals surface area contributed by atoms with Gasteiger partial charge in [-0.15, -0.1) is 0 Å². The van der Waals surface area contributed by atoms with Crippen LogP contribution in [-0.4, -0.2) is 148 Å². The molecule has 0 heterocycles. The first-order chi connectivity index (χ1) is 29.6. The van der Waals surface area contributed by atoms with Crippen LogP contribution in [0.25, 0.3) is 0 Å². The second kappa shape index (κ2) is 34.8. The molecule has 15 nitrogen and oxygen atoms in total. The summed E-state index contributed by atoms with van der Waals surface area (Å²) in [6, 6.07) is 6.19. The summed E-state index contributed by atoms with van der Waals surface area (Å²) >= 11 is 1.87. The van der Waals surface area contributed by atoms with Crippen molar-refractivity contribution >= 4 is 57.3 Å². The van der Waals surface area contributed by atoms with E-state index in [0.717, 1.165) is 18.4 Å². The van der Waals surface area contributed by atoms with Crippen molar-refractivity contribution < 1.29 is 37.5 Å². The standard InChI is InChI=1S/C44H76F2IN9O6/c1-30(2)17-39(44(62)29-56-40(18-31-11-5-4-6-12-31)43(61)28-53-25-35(57)20-32(45)22-47)55-27-36(58)26-52-23-33(46)19-34(50)24-54-38(14-8-10-16-49)42(60)21-41(59)37(51-3)13-7-9-15-48/h4-6,11-12,30,32-34,37-40,51-56H,7-10,13-29,48-50H2,1-3H3/t32?,33?,34?,37-,38-,39-,40-/m0/s1. The molecule has 0 bridgehead atoms. The first kappa shape index (κ1) is 57.5. The Morgan fingerprint density at radius 2 is 1.24 bits per heavy atom. The van der Waals surface area contributed by atoms with Gasteiger partial charge in [-0.25, -0.2) is 8.78 Å². The zero-order valence-corrected chi connectivity index (χ0v) is 39.3. The number of Topliss-reactive ketones (excluding diaryl/α,β-unsaturated/α-hetero) is 6. The Labute approximate surface area is 381 Å². The van der Waals surface area contributed by atoms with Crippen LogP contribution < -0.4 is 49.1 Å². The molecular weight excluding hydrogens is 915 g/mol. The molecule has 0 radical (unpaired) electrons. The first-order valence-electron chi connectivity index (χ1n) is 22.1. The summed E-state index contributed by atoms with van der Waals surface area (Å²) in [6.45, 7) is 4.23. The molecule has 0 aromatic heterocycles. The molecular formula is C44H76F2IN9O6. The third-order valence-corrected chi connectivity index (χ3v) is 11.3. The molecule has 0 amide bonds. The lowest BCUT2D eigenvalue weighted by Gasteiger charge is -2.23. The van der Waals surface area contributed by atoms with Crippen LogP contribution in [0.4, 0.5) is 8.78 Å². The molecule has 62 heavy (non-hydrogen) atoms. The number of carbonyl (C=O) groups excluding carboxylic acids is 6. The van der Waals surface area contributed by atoms with Crippen LogP contribution >= 0.6 is 22.6 Å². The average Bonchev–Trinajstić information content (AvgIpc) is 3.23. The minimum Gasteiger partial charge on any atom is -0.330 e. The number of halogens is 3. The molecule has 3 unspecified atom stereocenters. The van der Waals surface area contributed by atoms with E-state index in [1.54, 1.807) is 7.05 Å². The van der Waals surface area contributed by atoms with Crippen LogP contribution in [0.15, 0.2) is 30.3 Å². The van der Waals surface area contributed by atoms with Crippen LogP contribution in [-0.2, 0) is 35.2 Å². The van der Waals surface area contributed by atoms with E-state index in [2.05, 4.69) is 31.9 Å². The van der Waals surface area contributed by atoms with E-state index < -0.39 is 42.6 Å². The van der Waals surface area contributed by atoms with Gasteiger partial charge in [0.1, 0.15) is 18.1 Å². The SMILES string of the molecule is CN[C@@H](CCCCN)C(=O)CC(=O)[C@H](CCCCN)NCC(N)CC(F)CNCC(=O)CN[C@@H](CC(C)C)C(=O)CN[C@@H](Cc1ccccc1)C(=O)CNCC(=O)CC(F)CI. The highest BCUT2D eigenvalue weighted by Crippen LogP contribution is 2.11. The highest BCUT2D eigenvalue weighted by molar-refractivity contribution is 14.1. The van der Waals surface area contributed by atoms with Gasteiger partial charge in [-0.2, -0.15) is 0 Å². The number of alkyl halides is 3. The van der Waals surface area contributed by atoms with Crippen molar-refractivity contribution in [3.8, 4) is 0 Å². The number of rotatable bonds is 41. The Bertz CT molecular complexity index is 1450. The second-order valence-electron chi connectivity index (χ2n) is 16.5. The molecule has 0 saturated heterocycles. The van der Waals surface area contributed by atoms with Gasteiger partial charge in [0.05, 0.1) is 63.3 Å². The van der Waals surface area contributed by atoms with Crippen molar-refractivity contribution in [2.45, 2.75) is 127 Å². The van der Waals surface area contributed by atoms with Gasteiger partial charge >= 0.3 is 0 Å². The van der Waals surface area contributed by atoms with E-state index in [4.69, 9.17) is 17.2 Å². The van der Waals surface area contributed by atoms with Crippen LogP contribution in [0.2, 0.25) is 0 Å². The summed E-state index contributed by atoms with van der Waals surface area (Å²) in [5, 5.41) is 17.9. The molecule has 0 aliphatic rings. The summed E-state index contributed by atoms with van der Waals surface area (Å²) in [5.74, 6) is -1.41. The van der Waals surface area contributed by atoms with Gasteiger partial charge in [-0.3, -0.25) is 28.8 Å². The van der Waals surface area contributed by atoms with Gasteiger partial charge in [0.25, 0.3) is 0 Å². The van der Waals surface area contributed by atoms with Gasteiger partial charge in [-0.05, 0) is 76.6 Å². The Morgan fingerprint density at radius 3 is 1.85 bits per heavy atom. The van der Waals surface area contributed by atoms with E-state index in [9.17, 15) is 37.5 Å². The summed E-state index contributed by atoms with van der Waals surface area (Å²) in [4.78, 5) is 77.6. The predicted molar refractivity (Wildman–Crippen MR) is 250 cm³/mol. The number of carbonyl (C=O) groups is 6. The van der Waals surface area contributed by atoms with E-state index in [1.165, 1.54) is 0 Å². The summed E-state index contributed by atoms with van der Waals surface area (Å²) in [5.41, 5.74) is 18.3. The Morgan fingerprint density at radius 1 is 0.645 bits per heavy atom. The predicted octanol–water partition coefficient (Wildman–Crippen LogP) is 1.20. The highest BCUT2D eigenvalue weighted by Gasteiger charge is 2.27. The molecule has 1 rings (SSSR count). The van der Waals surface area contributed by atoms with Gasteiger partial charge in [0.15, 0.2) is 28.9 Å². The number of benzene rings is 1. The van der Waals surface area contributed by atoms with Crippen molar-refractivity contribution in [1.82, 2.24) is 31.9 Å². The fraction of sp³-hybridized carbons (Fsp3) is 0.727. The van der Waals surface area contributed by atoms with Crippen molar-refractivity contribution in [2.24, 2.45) is 23.1 Å².